The minimum Gasteiger partial charge on any atom is -0.505 e. The van der Waals surface area contributed by atoms with Crippen molar-refractivity contribution in [2.24, 2.45) is 17.3 Å². The first-order chi connectivity index (χ1) is 23.2. The van der Waals surface area contributed by atoms with Crippen molar-refractivity contribution >= 4 is 23.5 Å². The van der Waals surface area contributed by atoms with Crippen molar-refractivity contribution < 1.29 is 75.4 Å². The molecule has 3 fully saturated rings. The number of rotatable bonds is 4. The second kappa shape index (κ2) is 13.3. The molecule has 5 N–H and O–H groups in total. The number of hydrogen-bond donors (Lipinski definition) is 5. The van der Waals surface area contributed by atoms with Crippen LogP contribution in [0.2, 0.25) is 0 Å². The Labute approximate surface area is 286 Å². The SMILES string of the molecule is CC(=O)N1CCN(C2CCN(C(=O)N(C)C(C)(O)C3C(=O)C(C(F)(F)F)C(O)C(C)(C(F)(F)F)C3=O)C(c3c(C)c(O)c(F)c(O)c3O)C2)CC1. The number of carbonyl (C=O) groups is 4. The topological polar surface area (TPSA) is 182 Å². The van der Waals surface area contributed by atoms with Crippen molar-refractivity contribution in [2.45, 2.75) is 76.8 Å². The fourth-order valence-corrected chi connectivity index (χ4v) is 7.39. The maximum Gasteiger partial charge on any atom is 0.403 e. The molecule has 2 heterocycles. The van der Waals surface area contributed by atoms with Crippen LogP contribution >= 0.6 is 0 Å². The van der Waals surface area contributed by atoms with E-state index in [0.29, 0.717) is 40.2 Å². The average Bonchev–Trinajstić information content (AvgIpc) is 3.03. The third-order valence-corrected chi connectivity index (χ3v) is 10.8. The molecule has 1 aromatic rings. The van der Waals surface area contributed by atoms with Gasteiger partial charge in [-0.3, -0.25) is 24.2 Å². The predicted octanol–water partition coefficient (Wildman–Crippen LogP) is 2.56. The van der Waals surface area contributed by atoms with Crippen LogP contribution in [-0.4, -0.2) is 139 Å². The lowest BCUT2D eigenvalue weighted by Crippen LogP contribution is -2.71. The third kappa shape index (κ3) is 6.42. The van der Waals surface area contributed by atoms with E-state index in [-0.39, 0.29) is 48.2 Å². The molecule has 20 heteroatoms. The molecule has 0 spiro atoms. The number of urea groups is 1. The molecular formula is C31H39F7N4O9. The highest BCUT2D eigenvalue weighted by molar-refractivity contribution is 6.10. The first-order valence-corrected chi connectivity index (χ1v) is 15.8. The molecule has 51 heavy (non-hydrogen) atoms. The van der Waals surface area contributed by atoms with Gasteiger partial charge in [0.1, 0.15) is 17.3 Å². The number of aromatic hydroxyl groups is 3. The van der Waals surface area contributed by atoms with Crippen LogP contribution < -0.4 is 0 Å². The van der Waals surface area contributed by atoms with Gasteiger partial charge in [0.25, 0.3) is 0 Å². The van der Waals surface area contributed by atoms with Crippen LogP contribution in [0.1, 0.15) is 50.8 Å². The van der Waals surface area contributed by atoms with Gasteiger partial charge in [-0.2, -0.15) is 30.7 Å². The molecule has 0 aromatic heterocycles. The largest absolute Gasteiger partial charge is 0.505 e. The number of aliphatic hydroxyl groups excluding tert-OH is 1. The lowest BCUT2D eigenvalue weighted by atomic mass is 9.59. The number of phenols is 3. The van der Waals surface area contributed by atoms with Crippen molar-refractivity contribution in [1.82, 2.24) is 19.6 Å². The van der Waals surface area contributed by atoms with Gasteiger partial charge >= 0.3 is 18.4 Å². The van der Waals surface area contributed by atoms with Crippen molar-refractivity contribution in [2.75, 3.05) is 39.8 Å². The Morgan fingerprint density at radius 1 is 0.941 bits per heavy atom. The molecular weight excluding hydrogens is 705 g/mol. The van der Waals surface area contributed by atoms with E-state index < -0.39 is 94.2 Å². The lowest BCUT2D eigenvalue weighted by molar-refractivity contribution is -0.282. The van der Waals surface area contributed by atoms with Gasteiger partial charge in [-0.25, -0.2) is 4.79 Å². The molecule has 2 saturated heterocycles. The summed E-state index contributed by atoms with van der Waals surface area (Å²) in [7, 11) is 0.706. The number of ketones is 2. The number of alkyl halides is 6. The normalized spacial score (nSPS) is 29.6. The zero-order chi connectivity index (χ0) is 38.9. The Morgan fingerprint density at radius 2 is 1.49 bits per heavy atom. The Bertz CT molecular complexity index is 1570. The highest BCUT2D eigenvalue weighted by Crippen LogP contribution is 2.54. The van der Waals surface area contributed by atoms with Gasteiger partial charge in [-0.1, -0.05) is 0 Å². The summed E-state index contributed by atoms with van der Waals surface area (Å²) in [5, 5.41) is 53.3. The standard InChI is InChI=1S/C31H39F7N4O9/c1-13-17(22(45)24(47)20(32)21(13)44)16-12-15(41-10-8-40(9-11-41)14(2)43)6-7-42(16)27(50)39(5)29(4,51)18-23(46)19(30(33,34)35)26(49)28(3,25(18)48)31(36,37)38/h15-16,18-19,26,44-45,47,49,51H,6-12H2,1-5H3. The first-order valence-electron chi connectivity index (χ1n) is 15.8. The van der Waals surface area contributed by atoms with Crippen LogP contribution in [0.3, 0.4) is 0 Å². The van der Waals surface area contributed by atoms with Crippen LogP contribution in [0.25, 0.3) is 0 Å². The first kappa shape index (κ1) is 39.9. The molecule has 286 valence electrons. The number of Topliss-reactive ketones (excluding diaryl/α,β-unsaturated/α-hetero) is 2. The molecule has 7 unspecified atom stereocenters. The minimum atomic E-state index is -5.85. The Balaban J connectivity index is 1.78. The second-order valence-corrected chi connectivity index (χ2v) is 13.6. The van der Waals surface area contributed by atoms with Gasteiger partial charge in [0.2, 0.25) is 11.7 Å². The Hall–Kier alpha value is -3.91. The number of carbonyl (C=O) groups excluding carboxylic acids is 4. The maximum absolute atomic E-state index is 14.5. The van der Waals surface area contributed by atoms with E-state index in [9.17, 15) is 75.4 Å². The number of nitrogens with zero attached hydrogens (tertiary/aromatic N) is 4. The van der Waals surface area contributed by atoms with Crippen LogP contribution in [-0.2, 0) is 14.4 Å². The minimum absolute atomic E-state index is 0.0356. The van der Waals surface area contributed by atoms with Gasteiger partial charge in [-0.05, 0) is 33.6 Å². The zero-order valence-electron chi connectivity index (χ0n) is 28.1. The van der Waals surface area contributed by atoms with Gasteiger partial charge < -0.3 is 35.3 Å². The number of likely N-dealkylation sites (tertiary alicyclic amines) is 1. The number of amides is 3. The Morgan fingerprint density at radius 3 is 1.98 bits per heavy atom. The van der Waals surface area contributed by atoms with Crippen LogP contribution in [0.4, 0.5) is 35.5 Å². The van der Waals surface area contributed by atoms with E-state index in [2.05, 4.69) is 0 Å². The molecule has 3 aliphatic rings. The molecule has 4 rings (SSSR count). The van der Waals surface area contributed by atoms with Crippen molar-refractivity contribution in [3.8, 4) is 17.2 Å². The van der Waals surface area contributed by atoms with E-state index in [1.54, 1.807) is 4.90 Å². The smallest absolute Gasteiger partial charge is 0.403 e. The molecule has 1 saturated carbocycles. The highest BCUT2D eigenvalue weighted by Gasteiger charge is 2.75. The van der Waals surface area contributed by atoms with Gasteiger partial charge in [0.15, 0.2) is 34.5 Å². The van der Waals surface area contributed by atoms with Crippen LogP contribution in [0.15, 0.2) is 0 Å². The Kier molecular flexibility index (Phi) is 10.4. The molecule has 2 aliphatic heterocycles. The molecule has 3 amide bonds. The third-order valence-electron chi connectivity index (χ3n) is 10.8. The number of aliphatic hydroxyl groups is 2. The van der Waals surface area contributed by atoms with E-state index >= 15 is 0 Å². The van der Waals surface area contributed by atoms with Crippen molar-refractivity contribution in [3.63, 3.8) is 0 Å². The van der Waals surface area contributed by atoms with Crippen molar-refractivity contribution in [3.05, 3.63) is 16.9 Å². The summed E-state index contributed by atoms with van der Waals surface area (Å²) in [5.74, 6) is -16.9. The fourth-order valence-electron chi connectivity index (χ4n) is 7.39. The predicted molar refractivity (Wildman–Crippen MR) is 159 cm³/mol. The number of piperidine rings is 1. The van der Waals surface area contributed by atoms with Crippen LogP contribution in [0, 0.1) is 30.0 Å². The summed E-state index contributed by atoms with van der Waals surface area (Å²) in [6.07, 6.45) is -15.3. The number of benzene rings is 1. The molecule has 7 atom stereocenters. The number of hydrogen-bond acceptors (Lipinski definition) is 10. The summed E-state index contributed by atoms with van der Waals surface area (Å²) in [5.41, 5.74) is -8.33. The van der Waals surface area contributed by atoms with Gasteiger partial charge in [0.05, 0.1) is 12.1 Å². The second-order valence-electron chi connectivity index (χ2n) is 13.6. The molecule has 0 bridgehead atoms. The van der Waals surface area contributed by atoms with E-state index in [4.69, 9.17) is 0 Å². The number of phenolic OH excluding ortho intramolecular Hbond substituents is 3. The van der Waals surface area contributed by atoms with Crippen molar-refractivity contribution in [1.29, 1.82) is 0 Å². The quantitative estimate of drug-likeness (QED) is 0.101. The van der Waals surface area contributed by atoms with E-state index in [1.165, 1.54) is 6.92 Å². The summed E-state index contributed by atoms with van der Waals surface area (Å²) < 4.78 is 99.3. The molecule has 1 aliphatic carbocycles. The maximum atomic E-state index is 14.5. The van der Waals surface area contributed by atoms with E-state index in [1.807, 2.05) is 4.90 Å². The summed E-state index contributed by atoms with van der Waals surface area (Å²) in [6.45, 7) is 4.07. The summed E-state index contributed by atoms with van der Waals surface area (Å²) in [6, 6.07) is -3.23. The molecule has 1 aromatic carbocycles. The number of halogens is 7. The van der Waals surface area contributed by atoms with Gasteiger partial charge in [-0.15, -0.1) is 0 Å². The van der Waals surface area contributed by atoms with E-state index in [0.717, 1.165) is 11.8 Å². The summed E-state index contributed by atoms with van der Waals surface area (Å²) >= 11 is 0. The van der Waals surface area contributed by atoms with Crippen LogP contribution in [0.5, 0.6) is 17.2 Å². The fraction of sp³-hybridized carbons (Fsp3) is 0.677. The molecule has 13 nitrogen and oxygen atoms in total. The van der Waals surface area contributed by atoms with Gasteiger partial charge in [0, 0.05) is 63.9 Å². The summed E-state index contributed by atoms with van der Waals surface area (Å²) in [4.78, 5) is 57.2. The lowest BCUT2D eigenvalue weighted by Gasteiger charge is -2.51. The number of piperazine rings is 1. The monoisotopic (exact) mass is 744 g/mol. The highest BCUT2D eigenvalue weighted by atomic mass is 19.4. The molecule has 0 radical (unpaired) electrons. The zero-order valence-corrected chi connectivity index (χ0v) is 28.1. The average molecular weight is 745 g/mol.